The number of nitrogens with one attached hydrogen (secondary N) is 1. The van der Waals surface area contributed by atoms with Crippen LogP contribution in [0.1, 0.15) is 19.3 Å². The van der Waals surface area contributed by atoms with Gasteiger partial charge in [0, 0.05) is 0 Å². The van der Waals surface area contributed by atoms with Gasteiger partial charge < -0.3 is 11.1 Å². The van der Waals surface area contributed by atoms with Crippen molar-refractivity contribution in [2.45, 2.75) is 19.3 Å². The zero-order chi connectivity index (χ0) is 9.07. The van der Waals surface area contributed by atoms with Crippen molar-refractivity contribution < 1.29 is 4.21 Å². The van der Waals surface area contributed by atoms with Gasteiger partial charge in [0.15, 0.2) is 11.5 Å². The molecule has 0 aliphatic carbocycles. The van der Waals surface area contributed by atoms with Gasteiger partial charge in [0.05, 0.1) is 6.54 Å². The first-order chi connectivity index (χ1) is 5.91. The largest absolute Gasteiger partial charge is 0.330 e. The SMILES string of the molecule is NCCCNCCCCN=S=O. The first kappa shape index (κ1) is 11.7. The Morgan fingerprint density at radius 3 is 2.67 bits per heavy atom. The van der Waals surface area contributed by atoms with E-state index in [1.165, 1.54) is 0 Å². The van der Waals surface area contributed by atoms with E-state index in [9.17, 15) is 4.21 Å². The highest BCUT2D eigenvalue weighted by Gasteiger charge is 1.87. The summed E-state index contributed by atoms with van der Waals surface area (Å²) in [5.41, 5.74) is 5.32. The summed E-state index contributed by atoms with van der Waals surface area (Å²) in [5.74, 6) is 0. The van der Waals surface area contributed by atoms with Crippen molar-refractivity contribution in [3.8, 4) is 0 Å². The molecule has 0 amide bonds. The van der Waals surface area contributed by atoms with Crippen LogP contribution in [-0.4, -0.2) is 30.4 Å². The van der Waals surface area contributed by atoms with Crippen LogP contribution in [0.3, 0.4) is 0 Å². The third-order valence-corrected chi connectivity index (χ3v) is 1.75. The third kappa shape index (κ3) is 9.74. The summed E-state index contributed by atoms with van der Waals surface area (Å²) >= 11 is 0.312. The van der Waals surface area contributed by atoms with Crippen LogP contribution in [-0.2, 0) is 11.5 Å². The Labute approximate surface area is 77.2 Å². The second-order valence-corrected chi connectivity index (χ2v) is 2.93. The van der Waals surface area contributed by atoms with Crippen LogP contribution in [0.15, 0.2) is 4.36 Å². The summed E-state index contributed by atoms with van der Waals surface area (Å²) in [6.45, 7) is 3.41. The molecule has 72 valence electrons. The third-order valence-electron chi connectivity index (χ3n) is 1.46. The fraction of sp³-hybridized carbons (Fsp3) is 1.00. The number of rotatable bonds is 8. The van der Waals surface area contributed by atoms with E-state index in [-0.39, 0.29) is 0 Å². The molecule has 4 nitrogen and oxygen atoms in total. The number of hydrogen-bond donors (Lipinski definition) is 2. The summed E-state index contributed by atoms with van der Waals surface area (Å²) in [7, 11) is 0. The zero-order valence-electron chi connectivity index (χ0n) is 7.29. The highest BCUT2D eigenvalue weighted by Crippen LogP contribution is 1.86. The van der Waals surface area contributed by atoms with E-state index < -0.39 is 0 Å². The van der Waals surface area contributed by atoms with Crippen molar-refractivity contribution in [1.29, 1.82) is 0 Å². The summed E-state index contributed by atoms with van der Waals surface area (Å²) in [5, 5.41) is 3.26. The molecule has 5 heteroatoms. The van der Waals surface area contributed by atoms with Crippen molar-refractivity contribution in [2.24, 2.45) is 10.1 Å². The van der Waals surface area contributed by atoms with Gasteiger partial charge in [-0.15, -0.1) is 0 Å². The maximum atomic E-state index is 9.82. The fourth-order valence-electron chi connectivity index (χ4n) is 0.816. The lowest BCUT2D eigenvalue weighted by atomic mass is 10.3. The monoisotopic (exact) mass is 191 g/mol. The lowest BCUT2D eigenvalue weighted by molar-refractivity contribution is 0.611. The Balaban J connectivity index is 2.86. The molecule has 0 bridgehead atoms. The van der Waals surface area contributed by atoms with Crippen LogP contribution in [0.25, 0.3) is 0 Å². The number of nitrogens with two attached hydrogens (primary N) is 1. The first-order valence-corrected chi connectivity index (χ1v) is 4.98. The molecule has 0 aromatic carbocycles. The van der Waals surface area contributed by atoms with Gasteiger partial charge in [-0.2, -0.15) is 8.57 Å². The molecule has 0 atom stereocenters. The van der Waals surface area contributed by atoms with E-state index in [2.05, 4.69) is 9.68 Å². The standard InChI is InChI=1S/C7H17N3OS/c8-4-3-6-9-5-1-2-7-10-12-11/h9H,1-8H2. The van der Waals surface area contributed by atoms with E-state index in [1.54, 1.807) is 0 Å². The van der Waals surface area contributed by atoms with Crippen molar-refractivity contribution in [3.05, 3.63) is 0 Å². The summed E-state index contributed by atoms with van der Waals surface area (Å²) < 4.78 is 13.4. The van der Waals surface area contributed by atoms with Gasteiger partial charge in [-0.3, -0.25) is 0 Å². The lowest BCUT2D eigenvalue weighted by Crippen LogP contribution is -2.19. The molecule has 0 rings (SSSR count). The number of nitrogens with zero attached hydrogens (tertiary/aromatic N) is 1. The molecule has 12 heavy (non-hydrogen) atoms. The van der Waals surface area contributed by atoms with Gasteiger partial charge >= 0.3 is 0 Å². The van der Waals surface area contributed by atoms with Crippen molar-refractivity contribution in [3.63, 3.8) is 0 Å². The van der Waals surface area contributed by atoms with E-state index in [0.717, 1.165) is 38.9 Å². The Morgan fingerprint density at radius 2 is 2.00 bits per heavy atom. The molecule has 0 unspecified atom stereocenters. The van der Waals surface area contributed by atoms with Crippen molar-refractivity contribution in [1.82, 2.24) is 5.32 Å². The summed E-state index contributed by atoms with van der Waals surface area (Å²) in [6, 6.07) is 0. The molecule has 0 saturated carbocycles. The van der Waals surface area contributed by atoms with Gasteiger partial charge in [-0.05, 0) is 38.9 Å². The molecule has 0 aliphatic heterocycles. The van der Waals surface area contributed by atoms with Crippen LogP contribution in [0, 0.1) is 0 Å². The number of unbranched alkanes of at least 4 members (excludes halogenated alkanes) is 1. The Kier molecular flexibility index (Phi) is 10.5. The smallest absolute Gasteiger partial charge is 0.199 e. The van der Waals surface area contributed by atoms with E-state index in [4.69, 9.17) is 5.73 Å². The normalized spacial score (nSPS) is 9.75. The average molecular weight is 191 g/mol. The molecule has 0 spiro atoms. The second-order valence-electron chi connectivity index (χ2n) is 2.53. The lowest BCUT2D eigenvalue weighted by Gasteiger charge is -2.01. The first-order valence-electron chi connectivity index (χ1n) is 4.28. The van der Waals surface area contributed by atoms with Crippen LogP contribution in [0.5, 0.6) is 0 Å². The van der Waals surface area contributed by atoms with E-state index in [1.807, 2.05) is 0 Å². The molecule has 0 radical (unpaired) electrons. The van der Waals surface area contributed by atoms with Crippen molar-refractivity contribution >= 4 is 11.5 Å². The van der Waals surface area contributed by atoms with Crippen LogP contribution >= 0.6 is 0 Å². The van der Waals surface area contributed by atoms with Gasteiger partial charge in [-0.25, -0.2) is 0 Å². The Bertz CT molecular complexity index is 137. The van der Waals surface area contributed by atoms with E-state index in [0.29, 0.717) is 18.0 Å². The van der Waals surface area contributed by atoms with Crippen LogP contribution in [0.4, 0.5) is 0 Å². The van der Waals surface area contributed by atoms with Crippen LogP contribution in [0.2, 0.25) is 0 Å². The Hall–Kier alpha value is -0.260. The minimum absolute atomic E-state index is 0.312. The predicted molar refractivity (Wildman–Crippen MR) is 51.2 cm³/mol. The highest BCUT2D eigenvalue weighted by atomic mass is 32.1. The minimum Gasteiger partial charge on any atom is -0.330 e. The second kappa shape index (κ2) is 10.7. The van der Waals surface area contributed by atoms with Gasteiger partial charge in [-0.1, -0.05) is 0 Å². The summed E-state index contributed by atoms with van der Waals surface area (Å²) in [4.78, 5) is 0. The quantitative estimate of drug-likeness (QED) is 0.535. The molecule has 0 aromatic heterocycles. The average Bonchev–Trinajstić information content (AvgIpc) is 2.10. The topological polar surface area (TPSA) is 67.5 Å². The molecule has 3 N–H and O–H groups in total. The van der Waals surface area contributed by atoms with E-state index >= 15 is 0 Å². The van der Waals surface area contributed by atoms with Gasteiger partial charge in [0.2, 0.25) is 0 Å². The Morgan fingerprint density at radius 1 is 1.25 bits per heavy atom. The molecule has 0 saturated heterocycles. The molecule has 0 aromatic rings. The maximum Gasteiger partial charge on any atom is 0.199 e. The van der Waals surface area contributed by atoms with Crippen molar-refractivity contribution in [2.75, 3.05) is 26.2 Å². The highest BCUT2D eigenvalue weighted by molar-refractivity contribution is 7.54. The molecule has 0 aliphatic rings. The van der Waals surface area contributed by atoms with Gasteiger partial charge in [0.25, 0.3) is 0 Å². The summed E-state index contributed by atoms with van der Waals surface area (Å²) in [6.07, 6.45) is 3.10. The molecular weight excluding hydrogens is 174 g/mol. The van der Waals surface area contributed by atoms with Gasteiger partial charge in [0.1, 0.15) is 0 Å². The van der Waals surface area contributed by atoms with Crippen LogP contribution < -0.4 is 11.1 Å². The maximum absolute atomic E-state index is 9.82. The fourth-order valence-corrected chi connectivity index (χ4v) is 1.02. The molecular formula is C7H17N3OS. The predicted octanol–water partition coefficient (Wildman–Crippen LogP) is 0.102. The molecule has 0 heterocycles. The molecule has 0 fully saturated rings. The minimum atomic E-state index is 0.312. The number of hydrogen-bond acceptors (Lipinski definition) is 4. The zero-order valence-corrected chi connectivity index (χ0v) is 8.11.